The Kier molecular flexibility index (Phi) is 5.70. The lowest BCUT2D eigenvalue weighted by molar-refractivity contribution is -0.232. The average molecular weight is 492 g/mol. The predicted octanol–water partition coefficient (Wildman–Crippen LogP) is -1.19. The molecule has 2 aromatic carbocycles. The number of benzene rings is 2. The minimum atomic E-state index is -2.03. The number of hydrogen-bond acceptors (Lipinski definition) is 12. The fourth-order valence-electron chi connectivity index (χ4n) is 4.53. The van der Waals surface area contributed by atoms with Crippen LogP contribution in [-0.4, -0.2) is 94.5 Å². The maximum atomic E-state index is 13.4. The Hall–Kier alpha value is -3.75. The molecule has 186 valence electrons. The highest BCUT2D eigenvalue weighted by atomic mass is 16.5. The Morgan fingerprint density at radius 3 is 2.00 bits per heavy atom. The second kappa shape index (κ2) is 8.18. The number of phenolic OH excluding ortho intramolecular Hbond substituents is 4. The molecule has 0 radical (unpaired) electrons. The Bertz CT molecular complexity index is 1300. The van der Waals surface area contributed by atoms with E-state index in [-0.39, 0.29) is 5.56 Å². The van der Waals surface area contributed by atoms with E-state index in [0.29, 0.717) is 0 Å². The maximum Gasteiger partial charge on any atom is 0.336 e. The topological polar surface area (TPSA) is 243 Å². The number of carbonyl (C=O) groups excluding carboxylic acids is 2. The number of ether oxygens (including phenoxy) is 1. The molecular weight excluding hydrogens is 472 g/mol. The first-order chi connectivity index (χ1) is 16.3. The van der Waals surface area contributed by atoms with Gasteiger partial charge in [-0.1, -0.05) is 0 Å². The summed E-state index contributed by atoms with van der Waals surface area (Å²) in [6.07, 6.45) is -9.15. The summed E-state index contributed by atoms with van der Waals surface area (Å²) < 4.78 is 5.29. The molecule has 0 amide bonds. The van der Waals surface area contributed by atoms with Gasteiger partial charge in [-0.05, 0) is 18.6 Å². The molecule has 1 heterocycles. The second-order valence-corrected chi connectivity index (χ2v) is 8.24. The molecule has 0 spiro atoms. The summed E-state index contributed by atoms with van der Waals surface area (Å²) in [6.45, 7) is 0.328. The third kappa shape index (κ3) is 3.25. The molecule has 1 aliphatic heterocycles. The van der Waals surface area contributed by atoms with Crippen molar-refractivity contribution in [2.75, 3.05) is 6.61 Å². The van der Waals surface area contributed by atoms with E-state index >= 15 is 0 Å². The first kappa shape index (κ1) is 24.4. The van der Waals surface area contributed by atoms with Crippen LogP contribution in [0.2, 0.25) is 0 Å². The molecule has 0 bridgehead atoms. The number of fused-ring (bicyclic) bond motifs is 2. The molecule has 2 aliphatic rings. The standard InChI is InChI=1S/C22H20O13/c1-4-5(22(33)34)2-6(24)9-8(4)14(26)10-11(15(9)27)17(29)18(30)12(16(10)28)21-20(32)19(31)13(25)7(3-23)35-21/h2,7,13,19-21,23-25,28-32H,3H2,1H3,(H,33,34). The number of carbonyl (C=O) groups is 3. The third-order valence-corrected chi connectivity index (χ3v) is 6.34. The number of aliphatic hydroxyl groups is 4. The van der Waals surface area contributed by atoms with Gasteiger partial charge in [0.15, 0.2) is 17.3 Å². The summed E-state index contributed by atoms with van der Waals surface area (Å²) in [4.78, 5) is 38.1. The van der Waals surface area contributed by atoms with Gasteiger partial charge in [-0.25, -0.2) is 4.79 Å². The number of aromatic carboxylic acids is 1. The molecule has 13 nitrogen and oxygen atoms in total. The lowest BCUT2D eigenvalue weighted by Crippen LogP contribution is -2.55. The molecular formula is C22H20O13. The van der Waals surface area contributed by atoms with E-state index in [4.69, 9.17) is 4.74 Å². The van der Waals surface area contributed by atoms with Crippen molar-refractivity contribution in [3.63, 3.8) is 0 Å². The number of hydrogen-bond donors (Lipinski definition) is 9. The van der Waals surface area contributed by atoms with E-state index < -0.39 is 111 Å². The Labute approximate surface area is 195 Å². The molecule has 5 atom stereocenters. The lowest BCUT2D eigenvalue weighted by Gasteiger charge is -2.40. The van der Waals surface area contributed by atoms with Gasteiger partial charge in [0.25, 0.3) is 0 Å². The Balaban J connectivity index is 2.00. The van der Waals surface area contributed by atoms with E-state index in [1.807, 2.05) is 0 Å². The van der Waals surface area contributed by atoms with Crippen LogP contribution >= 0.6 is 0 Å². The lowest BCUT2D eigenvalue weighted by atomic mass is 9.77. The fourth-order valence-corrected chi connectivity index (χ4v) is 4.53. The van der Waals surface area contributed by atoms with Gasteiger partial charge in [-0.3, -0.25) is 9.59 Å². The summed E-state index contributed by atoms with van der Waals surface area (Å²) >= 11 is 0. The number of ketones is 2. The summed E-state index contributed by atoms with van der Waals surface area (Å²) in [5.41, 5.74) is -4.57. The van der Waals surface area contributed by atoms with Crippen molar-refractivity contribution < 1.29 is 65.1 Å². The number of carboxylic acid groups (broad SMARTS) is 1. The second-order valence-electron chi connectivity index (χ2n) is 8.24. The normalized spacial score (nSPS) is 25.8. The van der Waals surface area contributed by atoms with Crippen molar-refractivity contribution >= 4 is 17.5 Å². The van der Waals surface area contributed by atoms with Crippen LogP contribution in [0.5, 0.6) is 23.0 Å². The van der Waals surface area contributed by atoms with Crippen molar-refractivity contribution in [1.29, 1.82) is 0 Å². The summed E-state index contributed by atoms with van der Waals surface area (Å²) in [5, 5.41) is 91.7. The average Bonchev–Trinajstić information content (AvgIpc) is 2.80. The largest absolute Gasteiger partial charge is 0.507 e. The zero-order valence-electron chi connectivity index (χ0n) is 17.8. The molecule has 13 heteroatoms. The van der Waals surface area contributed by atoms with Gasteiger partial charge in [-0.15, -0.1) is 0 Å². The molecule has 5 unspecified atom stereocenters. The first-order valence-corrected chi connectivity index (χ1v) is 10.2. The fraction of sp³-hybridized carbons (Fsp3) is 0.318. The predicted molar refractivity (Wildman–Crippen MR) is 111 cm³/mol. The Morgan fingerprint density at radius 2 is 1.43 bits per heavy atom. The molecule has 1 aliphatic carbocycles. The van der Waals surface area contributed by atoms with Crippen molar-refractivity contribution in [3.8, 4) is 23.0 Å². The van der Waals surface area contributed by atoms with Crippen molar-refractivity contribution in [2.45, 2.75) is 37.4 Å². The zero-order valence-corrected chi connectivity index (χ0v) is 17.8. The van der Waals surface area contributed by atoms with Gasteiger partial charge < -0.3 is 50.7 Å². The van der Waals surface area contributed by atoms with Crippen molar-refractivity contribution in [3.05, 3.63) is 45.0 Å². The van der Waals surface area contributed by atoms with Crippen LogP contribution in [0.4, 0.5) is 0 Å². The highest BCUT2D eigenvalue weighted by Gasteiger charge is 2.48. The number of aliphatic hydroxyl groups excluding tert-OH is 4. The van der Waals surface area contributed by atoms with Crippen LogP contribution in [0, 0.1) is 6.92 Å². The molecule has 1 fully saturated rings. The van der Waals surface area contributed by atoms with Crippen LogP contribution in [0.3, 0.4) is 0 Å². The van der Waals surface area contributed by atoms with E-state index in [1.165, 1.54) is 6.92 Å². The van der Waals surface area contributed by atoms with Gasteiger partial charge in [0.2, 0.25) is 5.78 Å². The molecule has 0 saturated carbocycles. The van der Waals surface area contributed by atoms with Crippen molar-refractivity contribution in [2.24, 2.45) is 0 Å². The summed E-state index contributed by atoms with van der Waals surface area (Å²) in [6, 6.07) is 0.742. The number of carboxylic acids is 1. The van der Waals surface area contributed by atoms with Gasteiger partial charge in [0.1, 0.15) is 42.0 Å². The molecule has 0 aromatic heterocycles. The smallest absolute Gasteiger partial charge is 0.336 e. The summed E-state index contributed by atoms with van der Waals surface area (Å²) in [7, 11) is 0. The maximum absolute atomic E-state index is 13.4. The number of rotatable bonds is 3. The monoisotopic (exact) mass is 492 g/mol. The van der Waals surface area contributed by atoms with Crippen LogP contribution < -0.4 is 0 Å². The van der Waals surface area contributed by atoms with Gasteiger partial charge >= 0.3 is 5.97 Å². The minimum Gasteiger partial charge on any atom is -0.507 e. The van der Waals surface area contributed by atoms with E-state index in [2.05, 4.69) is 0 Å². The van der Waals surface area contributed by atoms with Crippen molar-refractivity contribution in [1.82, 2.24) is 0 Å². The van der Waals surface area contributed by atoms with Crippen LogP contribution in [0.15, 0.2) is 6.07 Å². The number of aromatic hydroxyl groups is 4. The highest BCUT2D eigenvalue weighted by molar-refractivity contribution is 6.32. The minimum absolute atomic E-state index is 0.226. The third-order valence-electron chi connectivity index (χ3n) is 6.34. The van der Waals surface area contributed by atoms with Gasteiger partial charge in [0.05, 0.1) is 34.4 Å². The van der Waals surface area contributed by atoms with Crippen LogP contribution in [0.25, 0.3) is 0 Å². The molecule has 9 N–H and O–H groups in total. The number of phenols is 4. The Morgan fingerprint density at radius 1 is 0.857 bits per heavy atom. The SMILES string of the molecule is Cc1c(C(=O)O)cc(O)c2c1C(=O)c1c(O)c(C3OC(CO)C(O)C(O)C3O)c(O)c(O)c1C2=O. The highest BCUT2D eigenvalue weighted by Crippen LogP contribution is 2.52. The van der Waals surface area contributed by atoms with Gasteiger partial charge in [0, 0.05) is 5.56 Å². The molecule has 1 saturated heterocycles. The van der Waals surface area contributed by atoms with Gasteiger partial charge in [-0.2, -0.15) is 0 Å². The van der Waals surface area contributed by atoms with E-state index in [9.17, 15) is 60.3 Å². The quantitative estimate of drug-likeness (QED) is 0.154. The molecule has 4 rings (SSSR count). The summed E-state index contributed by atoms with van der Waals surface area (Å²) in [5.74, 6) is -8.40. The van der Waals surface area contributed by atoms with E-state index in [0.717, 1.165) is 6.07 Å². The van der Waals surface area contributed by atoms with Crippen LogP contribution in [0.1, 0.15) is 59.4 Å². The first-order valence-electron chi connectivity index (χ1n) is 10.2. The molecule has 2 aromatic rings. The van der Waals surface area contributed by atoms with Crippen LogP contribution in [-0.2, 0) is 4.74 Å². The zero-order chi connectivity index (χ0) is 26.1. The molecule has 35 heavy (non-hydrogen) atoms. The van der Waals surface area contributed by atoms with E-state index in [1.54, 1.807) is 0 Å².